The summed E-state index contributed by atoms with van der Waals surface area (Å²) in [6.07, 6.45) is 1.69. The summed E-state index contributed by atoms with van der Waals surface area (Å²) in [4.78, 5) is 38.2. The van der Waals surface area contributed by atoms with E-state index < -0.39 is 30.5 Å². The summed E-state index contributed by atoms with van der Waals surface area (Å²) in [7, 11) is 1.24. The summed E-state index contributed by atoms with van der Waals surface area (Å²) in [5.41, 5.74) is 0.989. The summed E-state index contributed by atoms with van der Waals surface area (Å²) >= 11 is 5.69. The Morgan fingerprint density at radius 3 is 2.56 bits per heavy atom. The lowest BCUT2D eigenvalue weighted by atomic mass is 10.1. The molecule has 0 radical (unpaired) electrons. The third-order valence-electron chi connectivity index (χ3n) is 3.31. The largest absolute Gasteiger partial charge is 0.467 e. The van der Waals surface area contributed by atoms with Gasteiger partial charge in [0.25, 0.3) is 5.91 Å². The molecule has 1 aromatic heterocycles. The second-order valence-electron chi connectivity index (χ2n) is 5.14. The number of nitrogens with one attached hydrogen (secondary N) is 2. The maximum atomic E-state index is 12.0. The molecule has 1 aromatic carbocycles. The molecule has 1 atom stereocenters. The zero-order valence-electron chi connectivity index (χ0n) is 13.5. The first kappa shape index (κ1) is 18.5. The fraction of sp³-hybridized carbons (Fsp3) is 0.235. The van der Waals surface area contributed by atoms with Gasteiger partial charge in [-0.2, -0.15) is 0 Å². The molecular weight excluding hydrogens is 348 g/mol. The smallest absolute Gasteiger partial charge is 0.355 e. The molecule has 2 aromatic rings. The van der Waals surface area contributed by atoms with Crippen molar-refractivity contribution in [3.05, 3.63) is 58.9 Å². The third kappa shape index (κ3) is 5.65. The van der Waals surface area contributed by atoms with Crippen molar-refractivity contribution in [2.75, 3.05) is 13.7 Å². The van der Waals surface area contributed by atoms with Crippen LogP contribution in [0.25, 0.3) is 0 Å². The van der Waals surface area contributed by atoms with Crippen molar-refractivity contribution in [3.63, 3.8) is 0 Å². The molecule has 132 valence electrons. The Labute approximate surface area is 149 Å². The van der Waals surface area contributed by atoms with E-state index in [0.29, 0.717) is 5.02 Å². The van der Waals surface area contributed by atoms with Crippen molar-refractivity contribution in [1.82, 2.24) is 10.3 Å². The molecule has 0 bridgehead atoms. The van der Waals surface area contributed by atoms with Gasteiger partial charge in [-0.1, -0.05) is 41.9 Å². The maximum Gasteiger partial charge on any atom is 0.355 e. The number of aromatic nitrogens is 1. The lowest BCUT2D eigenvalue weighted by Crippen LogP contribution is -2.44. The SMILES string of the molecule is COC(=O)[C@H](Cc1ccccc1)NC(=O)COC(=O)c1cc(Cl)c[nH]1. The number of benzene rings is 1. The molecular formula is C17H17ClN2O5. The summed E-state index contributed by atoms with van der Waals surface area (Å²) in [6.45, 7) is -0.530. The highest BCUT2D eigenvalue weighted by molar-refractivity contribution is 6.30. The van der Waals surface area contributed by atoms with Gasteiger partial charge >= 0.3 is 11.9 Å². The second kappa shape index (κ2) is 8.89. The average molecular weight is 365 g/mol. The number of aromatic amines is 1. The quantitative estimate of drug-likeness (QED) is 0.729. The number of H-pyrrole nitrogens is 1. The Morgan fingerprint density at radius 1 is 1.24 bits per heavy atom. The van der Waals surface area contributed by atoms with E-state index in [2.05, 4.69) is 10.3 Å². The molecule has 0 aliphatic rings. The highest BCUT2D eigenvalue weighted by Crippen LogP contribution is 2.10. The van der Waals surface area contributed by atoms with Crippen LogP contribution in [0.5, 0.6) is 0 Å². The van der Waals surface area contributed by atoms with Crippen molar-refractivity contribution in [3.8, 4) is 0 Å². The van der Waals surface area contributed by atoms with E-state index >= 15 is 0 Å². The number of halogens is 1. The molecule has 25 heavy (non-hydrogen) atoms. The Hall–Kier alpha value is -2.80. The second-order valence-corrected chi connectivity index (χ2v) is 5.58. The van der Waals surface area contributed by atoms with E-state index in [4.69, 9.17) is 21.1 Å². The number of amides is 1. The first-order valence-electron chi connectivity index (χ1n) is 7.41. The summed E-state index contributed by atoms with van der Waals surface area (Å²) in [5, 5.41) is 2.85. The molecule has 1 amide bonds. The van der Waals surface area contributed by atoms with Gasteiger partial charge < -0.3 is 19.8 Å². The summed E-state index contributed by atoms with van der Waals surface area (Å²) in [5.74, 6) is -1.92. The minimum atomic E-state index is -0.876. The minimum Gasteiger partial charge on any atom is -0.467 e. The van der Waals surface area contributed by atoms with Gasteiger partial charge in [0.05, 0.1) is 12.1 Å². The van der Waals surface area contributed by atoms with Gasteiger partial charge in [-0.15, -0.1) is 0 Å². The Kier molecular flexibility index (Phi) is 6.59. The van der Waals surface area contributed by atoms with Crippen LogP contribution in [0, 0.1) is 0 Å². The van der Waals surface area contributed by atoms with E-state index in [1.807, 2.05) is 30.3 Å². The molecule has 0 spiro atoms. The molecule has 7 nitrogen and oxygen atoms in total. The summed E-state index contributed by atoms with van der Waals surface area (Å²) < 4.78 is 9.58. The summed E-state index contributed by atoms with van der Waals surface area (Å²) in [6, 6.07) is 9.67. The number of methoxy groups -OCH3 is 1. The van der Waals surface area contributed by atoms with Crippen molar-refractivity contribution < 1.29 is 23.9 Å². The first-order valence-corrected chi connectivity index (χ1v) is 7.79. The highest BCUT2D eigenvalue weighted by Gasteiger charge is 2.22. The van der Waals surface area contributed by atoms with Crippen LogP contribution in [0.4, 0.5) is 0 Å². The third-order valence-corrected chi connectivity index (χ3v) is 3.52. The van der Waals surface area contributed by atoms with Crippen LogP contribution in [-0.4, -0.2) is 42.6 Å². The van der Waals surface area contributed by atoms with Gasteiger partial charge in [-0.3, -0.25) is 4.79 Å². The van der Waals surface area contributed by atoms with Crippen LogP contribution in [0.15, 0.2) is 42.6 Å². The predicted octanol–water partition coefficient (Wildman–Crippen LogP) is 1.73. The van der Waals surface area contributed by atoms with Crippen LogP contribution in [0.2, 0.25) is 5.02 Å². The molecule has 0 aliphatic heterocycles. The molecule has 0 aliphatic carbocycles. The van der Waals surface area contributed by atoms with Crippen LogP contribution < -0.4 is 5.32 Å². The number of ether oxygens (including phenoxy) is 2. The zero-order valence-corrected chi connectivity index (χ0v) is 14.2. The van der Waals surface area contributed by atoms with E-state index in [-0.39, 0.29) is 12.1 Å². The van der Waals surface area contributed by atoms with Crippen molar-refractivity contribution in [2.45, 2.75) is 12.5 Å². The Bertz CT molecular complexity index is 745. The lowest BCUT2D eigenvalue weighted by molar-refractivity contribution is -0.145. The average Bonchev–Trinajstić information content (AvgIpc) is 3.06. The van der Waals surface area contributed by atoms with Crippen molar-refractivity contribution >= 4 is 29.4 Å². The Balaban J connectivity index is 1.90. The molecule has 0 fully saturated rings. The predicted molar refractivity (Wildman–Crippen MR) is 90.2 cm³/mol. The number of carbonyl (C=O) groups is 3. The van der Waals surface area contributed by atoms with Crippen LogP contribution in [0.1, 0.15) is 16.1 Å². The van der Waals surface area contributed by atoms with Gasteiger partial charge in [0.15, 0.2) is 6.61 Å². The minimum absolute atomic E-state index is 0.131. The van der Waals surface area contributed by atoms with Gasteiger partial charge in [0, 0.05) is 12.6 Å². The number of hydrogen-bond donors (Lipinski definition) is 2. The fourth-order valence-corrected chi connectivity index (χ4v) is 2.28. The highest BCUT2D eigenvalue weighted by atomic mass is 35.5. The van der Waals surface area contributed by atoms with Crippen LogP contribution >= 0.6 is 11.6 Å². The van der Waals surface area contributed by atoms with Gasteiger partial charge in [0.2, 0.25) is 0 Å². The van der Waals surface area contributed by atoms with Crippen molar-refractivity contribution in [1.29, 1.82) is 0 Å². The molecule has 0 saturated carbocycles. The van der Waals surface area contributed by atoms with Gasteiger partial charge in [-0.25, -0.2) is 9.59 Å². The lowest BCUT2D eigenvalue weighted by Gasteiger charge is -2.16. The Morgan fingerprint density at radius 2 is 1.96 bits per heavy atom. The van der Waals surface area contributed by atoms with E-state index in [1.165, 1.54) is 19.4 Å². The van der Waals surface area contributed by atoms with E-state index in [1.54, 1.807) is 0 Å². The fourth-order valence-electron chi connectivity index (χ4n) is 2.12. The number of carbonyl (C=O) groups excluding carboxylic acids is 3. The molecule has 2 rings (SSSR count). The number of rotatable bonds is 7. The zero-order chi connectivity index (χ0) is 18.2. The standard InChI is InChI=1S/C17H17ClN2O5/c1-24-16(22)14(7-11-5-3-2-4-6-11)20-15(21)10-25-17(23)13-8-12(18)9-19-13/h2-6,8-9,14,19H,7,10H2,1H3,(H,20,21)/t14-/m0/s1. The molecule has 0 saturated heterocycles. The first-order chi connectivity index (χ1) is 12.0. The van der Waals surface area contributed by atoms with Gasteiger partial charge in [0.1, 0.15) is 11.7 Å². The normalized spacial score (nSPS) is 11.4. The van der Waals surface area contributed by atoms with Crippen LogP contribution in [0.3, 0.4) is 0 Å². The molecule has 0 unspecified atom stereocenters. The van der Waals surface area contributed by atoms with E-state index in [9.17, 15) is 14.4 Å². The topological polar surface area (TPSA) is 97.5 Å². The van der Waals surface area contributed by atoms with E-state index in [0.717, 1.165) is 5.56 Å². The molecule has 1 heterocycles. The molecule has 8 heteroatoms. The number of esters is 2. The molecule has 2 N–H and O–H groups in total. The monoisotopic (exact) mass is 364 g/mol. The van der Waals surface area contributed by atoms with Crippen LogP contribution in [-0.2, 0) is 25.5 Å². The maximum absolute atomic E-state index is 12.0. The number of hydrogen-bond acceptors (Lipinski definition) is 5. The van der Waals surface area contributed by atoms with Crippen molar-refractivity contribution in [2.24, 2.45) is 0 Å². The van der Waals surface area contributed by atoms with Gasteiger partial charge in [-0.05, 0) is 11.6 Å².